The Balaban J connectivity index is 1.74. The Bertz CT molecular complexity index is 459. The monoisotopic (exact) mass is 277 g/mol. The summed E-state index contributed by atoms with van der Waals surface area (Å²) in [6.07, 6.45) is 2.50. The van der Waals surface area contributed by atoms with Gasteiger partial charge >= 0.3 is 0 Å². The Labute approximate surface area is 120 Å². The quantitative estimate of drug-likeness (QED) is 0.737. The molecule has 0 saturated carbocycles. The number of benzene rings is 1. The van der Waals surface area contributed by atoms with E-state index >= 15 is 0 Å². The van der Waals surface area contributed by atoms with Crippen LogP contribution in [0.25, 0.3) is 0 Å². The summed E-state index contributed by atoms with van der Waals surface area (Å²) in [6, 6.07) is 6.26. The van der Waals surface area contributed by atoms with E-state index in [0.717, 1.165) is 24.8 Å². The lowest BCUT2D eigenvalue weighted by Crippen LogP contribution is -2.27. The standard InChI is InChI=1S/C16H23NO3/c1-2-20-8-7-17-16(19)6-4-12-3-5-13-10-15(18)11-14(13)9-12/h3,5,9,15,18H,2,4,6-8,10-11H2,1H3,(H,17,19). The highest BCUT2D eigenvalue weighted by Gasteiger charge is 2.19. The predicted octanol–water partition coefficient (Wildman–Crippen LogP) is 1.23. The number of aliphatic hydroxyl groups is 1. The van der Waals surface area contributed by atoms with Gasteiger partial charge in [0.1, 0.15) is 0 Å². The van der Waals surface area contributed by atoms with Crippen LogP contribution in [0.3, 0.4) is 0 Å². The minimum absolute atomic E-state index is 0.0604. The van der Waals surface area contributed by atoms with E-state index in [0.29, 0.717) is 26.2 Å². The van der Waals surface area contributed by atoms with Crippen molar-refractivity contribution in [2.45, 2.75) is 38.7 Å². The Kier molecular flexibility index (Phi) is 5.56. The second kappa shape index (κ2) is 7.41. The van der Waals surface area contributed by atoms with Crippen LogP contribution in [-0.2, 0) is 28.8 Å². The third-order valence-electron chi connectivity index (χ3n) is 3.60. The minimum Gasteiger partial charge on any atom is -0.392 e. The van der Waals surface area contributed by atoms with E-state index < -0.39 is 0 Å². The summed E-state index contributed by atoms with van der Waals surface area (Å²) in [7, 11) is 0. The summed E-state index contributed by atoms with van der Waals surface area (Å²) in [6.45, 7) is 3.76. The molecular weight excluding hydrogens is 254 g/mol. The van der Waals surface area contributed by atoms with Gasteiger partial charge in [0, 0.05) is 19.6 Å². The van der Waals surface area contributed by atoms with Gasteiger partial charge in [-0.3, -0.25) is 4.79 Å². The molecule has 2 N–H and O–H groups in total. The lowest BCUT2D eigenvalue weighted by molar-refractivity contribution is -0.121. The molecule has 0 heterocycles. The fraction of sp³-hybridized carbons (Fsp3) is 0.562. The molecule has 1 atom stereocenters. The van der Waals surface area contributed by atoms with Crippen LogP contribution < -0.4 is 5.32 Å². The number of fused-ring (bicyclic) bond motifs is 1. The van der Waals surface area contributed by atoms with Gasteiger partial charge in [-0.25, -0.2) is 0 Å². The van der Waals surface area contributed by atoms with E-state index in [4.69, 9.17) is 4.74 Å². The number of amides is 1. The minimum atomic E-state index is -0.234. The van der Waals surface area contributed by atoms with Crippen molar-refractivity contribution in [2.24, 2.45) is 0 Å². The fourth-order valence-electron chi connectivity index (χ4n) is 2.56. The number of aryl methyl sites for hydroxylation is 1. The van der Waals surface area contributed by atoms with Crippen molar-refractivity contribution >= 4 is 5.91 Å². The summed E-state index contributed by atoms with van der Waals surface area (Å²) < 4.78 is 5.17. The third kappa shape index (κ3) is 4.32. The van der Waals surface area contributed by atoms with E-state index in [1.165, 1.54) is 11.1 Å². The first-order chi connectivity index (χ1) is 9.69. The summed E-state index contributed by atoms with van der Waals surface area (Å²) >= 11 is 0. The molecule has 20 heavy (non-hydrogen) atoms. The van der Waals surface area contributed by atoms with Crippen molar-refractivity contribution < 1.29 is 14.6 Å². The Hall–Kier alpha value is -1.39. The molecule has 1 amide bonds. The molecule has 4 heteroatoms. The van der Waals surface area contributed by atoms with E-state index in [1.807, 2.05) is 6.92 Å². The first-order valence-electron chi connectivity index (χ1n) is 7.32. The van der Waals surface area contributed by atoms with Crippen LogP contribution in [0.15, 0.2) is 18.2 Å². The molecule has 0 spiro atoms. The highest BCUT2D eigenvalue weighted by molar-refractivity contribution is 5.76. The highest BCUT2D eigenvalue weighted by atomic mass is 16.5. The van der Waals surface area contributed by atoms with Gasteiger partial charge in [0.05, 0.1) is 12.7 Å². The van der Waals surface area contributed by atoms with Gasteiger partial charge in [0.25, 0.3) is 0 Å². The molecule has 1 aromatic carbocycles. The number of hydrogen-bond donors (Lipinski definition) is 2. The number of carbonyl (C=O) groups excluding carboxylic acids is 1. The topological polar surface area (TPSA) is 58.6 Å². The van der Waals surface area contributed by atoms with Crippen LogP contribution in [0.5, 0.6) is 0 Å². The van der Waals surface area contributed by atoms with E-state index in [9.17, 15) is 9.90 Å². The molecule has 0 radical (unpaired) electrons. The largest absolute Gasteiger partial charge is 0.392 e. The van der Waals surface area contributed by atoms with Crippen molar-refractivity contribution in [3.8, 4) is 0 Å². The molecule has 4 nitrogen and oxygen atoms in total. The van der Waals surface area contributed by atoms with Gasteiger partial charge in [-0.1, -0.05) is 18.2 Å². The maximum atomic E-state index is 11.7. The lowest BCUT2D eigenvalue weighted by Gasteiger charge is -2.06. The summed E-state index contributed by atoms with van der Waals surface area (Å²) in [4.78, 5) is 11.7. The number of ether oxygens (including phenoxy) is 1. The van der Waals surface area contributed by atoms with Gasteiger partial charge in [-0.15, -0.1) is 0 Å². The highest BCUT2D eigenvalue weighted by Crippen LogP contribution is 2.23. The first-order valence-corrected chi connectivity index (χ1v) is 7.32. The number of hydrogen-bond acceptors (Lipinski definition) is 3. The van der Waals surface area contributed by atoms with Crippen molar-refractivity contribution in [3.05, 3.63) is 34.9 Å². The zero-order chi connectivity index (χ0) is 14.4. The van der Waals surface area contributed by atoms with Crippen molar-refractivity contribution in [1.29, 1.82) is 0 Å². The normalized spacial score (nSPS) is 17.0. The maximum Gasteiger partial charge on any atom is 0.220 e. The average Bonchev–Trinajstić information content (AvgIpc) is 2.80. The second-order valence-corrected chi connectivity index (χ2v) is 5.21. The first kappa shape index (κ1) is 15.0. The van der Waals surface area contributed by atoms with Crippen LogP contribution in [0.2, 0.25) is 0 Å². The van der Waals surface area contributed by atoms with Gasteiger partial charge in [-0.2, -0.15) is 0 Å². The summed E-state index contributed by atoms with van der Waals surface area (Å²) in [5, 5.41) is 12.5. The maximum absolute atomic E-state index is 11.7. The molecule has 110 valence electrons. The summed E-state index contributed by atoms with van der Waals surface area (Å²) in [5.74, 6) is 0.0604. The Morgan fingerprint density at radius 1 is 1.40 bits per heavy atom. The van der Waals surface area contributed by atoms with Gasteiger partial charge in [0.2, 0.25) is 5.91 Å². The Morgan fingerprint density at radius 2 is 2.20 bits per heavy atom. The van der Waals surface area contributed by atoms with Gasteiger partial charge in [-0.05, 0) is 42.9 Å². The van der Waals surface area contributed by atoms with Crippen LogP contribution in [-0.4, -0.2) is 36.9 Å². The van der Waals surface area contributed by atoms with Crippen LogP contribution in [0.4, 0.5) is 0 Å². The molecule has 0 bridgehead atoms. The molecule has 0 fully saturated rings. The zero-order valence-corrected chi connectivity index (χ0v) is 12.0. The van der Waals surface area contributed by atoms with Gasteiger partial charge < -0.3 is 15.2 Å². The summed E-state index contributed by atoms with van der Waals surface area (Å²) in [5.41, 5.74) is 3.63. The van der Waals surface area contributed by atoms with E-state index in [-0.39, 0.29) is 12.0 Å². The van der Waals surface area contributed by atoms with Crippen molar-refractivity contribution in [1.82, 2.24) is 5.32 Å². The molecule has 0 aromatic heterocycles. The molecule has 1 aliphatic carbocycles. The van der Waals surface area contributed by atoms with Crippen LogP contribution >= 0.6 is 0 Å². The Morgan fingerprint density at radius 3 is 3.00 bits per heavy atom. The average molecular weight is 277 g/mol. The fourth-order valence-corrected chi connectivity index (χ4v) is 2.56. The third-order valence-corrected chi connectivity index (χ3v) is 3.60. The van der Waals surface area contributed by atoms with E-state index in [1.54, 1.807) is 0 Å². The zero-order valence-electron chi connectivity index (χ0n) is 12.0. The second-order valence-electron chi connectivity index (χ2n) is 5.21. The molecule has 0 saturated heterocycles. The number of rotatable bonds is 7. The predicted molar refractivity (Wildman–Crippen MR) is 77.7 cm³/mol. The molecule has 1 aliphatic rings. The van der Waals surface area contributed by atoms with Crippen LogP contribution in [0.1, 0.15) is 30.0 Å². The smallest absolute Gasteiger partial charge is 0.220 e. The lowest BCUT2D eigenvalue weighted by atomic mass is 10.0. The molecule has 0 aliphatic heterocycles. The number of nitrogens with one attached hydrogen (secondary N) is 1. The van der Waals surface area contributed by atoms with Gasteiger partial charge in [0.15, 0.2) is 0 Å². The molecule has 1 unspecified atom stereocenters. The molecule has 2 rings (SSSR count). The molecule has 1 aromatic rings. The number of carbonyl (C=O) groups is 1. The van der Waals surface area contributed by atoms with E-state index in [2.05, 4.69) is 23.5 Å². The molecular formula is C16H23NO3. The SMILES string of the molecule is CCOCCNC(=O)CCc1ccc2c(c1)CC(O)C2. The van der Waals surface area contributed by atoms with Crippen molar-refractivity contribution in [3.63, 3.8) is 0 Å². The van der Waals surface area contributed by atoms with Crippen LogP contribution in [0, 0.1) is 0 Å². The number of aliphatic hydroxyl groups excluding tert-OH is 1. The van der Waals surface area contributed by atoms with Crippen molar-refractivity contribution in [2.75, 3.05) is 19.8 Å².